The van der Waals surface area contributed by atoms with Gasteiger partial charge in [-0.15, -0.1) is 0 Å². The molecule has 2 heteroatoms. The lowest BCUT2D eigenvalue weighted by Crippen LogP contribution is -2.36. The summed E-state index contributed by atoms with van der Waals surface area (Å²) in [5.74, 6) is 0.762. The van der Waals surface area contributed by atoms with Gasteiger partial charge in [0.2, 0.25) is 5.91 Å². The molecule has 1 heterocycles. The first-order chi connectivity index (χ1) is 5.38. The first kappa shape index (κ1) is 7.14. The SMILES string of the molecule is O=C(C1C[CH]C1)N1CCCC1. The Kier molecular flexibility index (Phi) is 1.84. The fourth-order valence-corrected chi connectivity index (χ4v) is 1.73. The van der Waals surface area contributed by atoms with Gasteiger partial charge in [-0.1, -0.05) is 0 Å². The highest BCUT2D eigenvalue weighted by Crippen LogP contribution is 2.28. The summed E-state index contributed by atoms with van der Waals surface area (Å²) in [4.78, 5) is 13.6. The van der Waals surface area contributed by atoms with Crippen LogP contribution < -0.4 is 0 Å². The molecule has 0 unspecified atom stereocenters. The van der Waals surface area contributed by atoms with Gasteiger partial charge in [0, 0.05) is 19.0 Å². The van der Waals surface area contributed by atoms with Gasteiger partial charge in [0.25, 0.3) is 0 Å². The molecule has 2 aliphatic rings. The van der Waals surface area contributed by atoms with E-state index in [-0.39, 0.29) is 0 Å². The smallest absolute Gasteiger partial charge is 0.225 e. The quantitative estimate of drug-likeness (QED) is 0.553. The molecule has 0 aromatic heterocycles. The van der Waals surface area contributed by atoms with E-state index in [9.17, 15) is 4.79 Å². The number of likely N-dealkylation sites (tertiary alicyclic amines) is 1. The topological polar surface area (TPSA) is 20.3 Å². The van der Waals surface area contributed by atoms with Crippen molar-refractivity contribution in [1.29, 1.82) is 0 Å². The van der Waals surface area contributed by atoms with E-state index < -0.39 is 0 Å². The monoisotopic (exact) mass is 152 g/mol. The molecule has 2 fully saturated rings. The Balaban J connectivity index is 1.87. The van der Waals surface area contributed by atoms with E-state index in [0.717, 1.165) is 25.9 Å². The highest BCUT2D eigenvalue weighted by Gasteiger charge is 2.30. The third kappa shape index (κ3) is 1.26. The highest BCUT2D eigenvalue weighted by atomic mass is 16.2. The van der Waals surface area contributed by atoms with Crippen molar-refractivity contribution in [3.63, 3.8) is 0 Å². The molecule has 0 aromatic carbocycles. The van der Waals surface area contributed by atoms with Gasteiger partial charge in [-0.2, -0.15) is 0 Å². The number of hydrogen-bond acceptors (Lipinski definition) is 1. The Hall–Kier alpha value is -0.530. The van der Waals surface area contributed by atoms with Gasteiger partial charge in [-0.05, 0) is 32.1 Å². The molecule has 1 saturated heterocycles. The summed E-state index contributed by atoms with van der Waals surface area (Å²) >= 11 is 0. The van der Waals surface area contributed by atoms with E-state index in [4.69, 9.17) is 0 Å². The van der Waals surface area contributed by atoms with Crippen LogP contribution in [0.15, 0.2) is 0 Å². The third-order valence-corrected chi connectivity index (χ3v) is 2.67. The molecule has 1 aliphatic carbocycles. The van der Waals surface area contributed by atoms with Gasteiger partial charge in [0.05, 0.1) is 0 Å². The maximum atomic E-state index is 11.5. The maximum Gasteiger partial charge on any atom is 0.225 e. The summed E-state index contributed by atoms with van der Waals surface area (Å²) in [7, 11) is 0. The third-order valence-electron chi connectivity index (χ3n) is 2.67. The van der Waals surface area contributed by atoms with Crippen molar-refractivity contribution < 1.29 is 4.79 Å². The van der Waals surface area contributed by atoms with Crippen molar-refractivity contribution in [3.05, 3.63) is 6.42 Å². The van der Waals surface area contributed by atoms with Crippen LogP contribution >= 0.6 is 0 Å². The molecule has 0 spiro atoms. The summed E-state index contributed by atoms with van der Waals surface area (Å²) in [6.45, 7) is 2.02. The zero-order valence-corrected chi connectivity index (χ0v) is 6.75. The van der Waals surface area contributed by atoms with Crippen LogP contribution in [-0.2, 0) is 4.79 Å². The van der Waals surface area contributed by atoms with Crippen molar-refractivity contribution in [2.24, 2.45) is 5.92 Å². The summed E-state index contributed by atoms with van der Waals surface area (Å²) in [5.41, 5.74) is 0. The van der Waals surface area contributed by atoms with Crippen LogP contribution in [0.5, 0.6) is 0 Å². The largest absolute Gasteiger partial charge is 0.342 e. The molecule has 11 heavy (non-hydrogen) atoms. The van der Waals surface area contributed by atoms with Crippen LogP contribution in [0.1, 0.15) is 25.7 Å². The second-order valence-corrected chi connectivity index (χ2v) is 3.49. The van der Waals surface area contributed by atoms with Gasteiger partial charge in [-0.3, -0.25) is 4.79 Å². The van der Waals surface area contributed by atoms with Crippen LogP contribution in [0.4, 0.5) is 0 Å². The molecule has 2 rings (SSSR count). The molecule has 1 saturated carbocycles. The first-order valence-electron chi connectivity index (χ1n) is 4.48. The maximum absolute atomic E-state index is 11.5. The van der Waals surface area contributed by atoms with Gasteiger partial charge < -0.3 is 4.90 Å². The lowest BCUT2D eigenvalue weighted by molar-refractivity contribution is -0.135. The van der Waals surface area contributed by atoms with Gasteiger partial charge in [0.15, 0.2) is 0 Å². The minimum Gasteiger partial charge on any atom is -0.342 e. The van der Waals surface area contributed by atoms with Crippen molar-refractivity contribution in [1.82, 2.24) is 4.90 Å². The predicted octanol–water partition coefficient (Wildman–Crippen LogP) is 1.22. The molecule has 1 amide bonds. The molecule has 0 atom stereocenters. The minimum atomic E-state index is 0.355. The van der Waals surface area contributed by atoms with Crippen molar-refractivity contribution in [2.45, 2.75) is 25.7 Å². The molecule has 1 aliphatic heterocycles. The lowest BCUT2D eigenvalue weighted by Gasteiger charge is -2.28. The molecule has 0 N–H and O–H groups in total. The molecule has 0 bridgehead atoms. The number of carbonyl (C=O) groups excluding carboxylic acids is 1. The molecule has 2 nitrogen and oxygen atoms in total. The summed E-state index contributed by atoms with van der Waals surface area (Å²) in [6, 6.07) is 0. The summed E-state index contributed by atoms with van der Waals surface area (Å²) in [5, 5.41) is 0. The zero-order chi connectivity index (χ0) is 7.68. The van der Waals surface area contributed by atoms with E-state index in [1.165, 1.54) is 12.8 Å². The minimum absolute atomic E-state index is 0.355. The van der Waals surface area contributed by atoms with Crippen molar-refractivity contribution in [3.8, 4) is 0 Å². The standard InChI is InChI=1S/C9H14NO/c11-9(8-4-3-5-8)10-6-1-2-7-10/h3,8H,1-2,4-7H2. The van der Waals surface area contributed by atoms with E-state index >= 15 is 0 Å². The van der Waals surface area contributed by atoms with E-state index in [1.54, 1.807) is 0 Å². The van der Waals surface area contributed by atoms with Gasteiger partial charge in [0.1, 0.15) is 0 Å². The Morgan fingerprint density at radius 1 is 1.27 bits per heavy atom. The van der Waals surface area contributed by atoms with E-state index in [2.05, 4.69) is 6.42 Å². The van der Waals surface area contributed by atoms with Gasteiger partial charge >= 0.3 is 0 Å². The van der Waals surface area contributed by atoms with Crippen LogP contribution in [0, 0.1) is 12.3 Å². The summed E-state index contributed by atoms with van der Waals surface area (Å²) in [6.07, 6.45) is 6.66. The number of hydrogen-bond donors (Lipinski definition) is 0. The fraction of sp³-hybridized carbons (Fsp3) is 0.778. The Bertz CT molecular complexity index is 157. The number of carbonyl (C=O) groups is 1. The van der Waals surface area contributed by atoms with Crippen LogP contribution in [-0.4, -0.2) is 23.9 Å². The van der Waals surface area contributed by atoms with Crippen LogP contribution in [0.25, 0.3) is 0 Å². The number of rotatable bonds is 1. The van der Waals surface area contributed by atoms with E-state index in [0.29, 0.717) is 11.8 Å². The van der Waals surface area contributed by atoms with Gasteiger partial charge in [-0.25, -0.2) is 0 Å². The second kappa shape index (κ2) is 2.84. The number of amides is 1. The summed E-state index contributed by atoms with van der Waals surface area (Å²) < 4.78 is 0. The number of nitrogens with zero attached hydrogens (tertiary/aromatic N) is 1. The van der Waals surface area contributed by atoms with Crippen molar-refractivity contribution in [2.75, 3.05) is 13.1 Å². The Labute approximate surface area is 67.6 Å². The zero-order valence-electron chi connectivity index (χ0n) is 6.75. The normalized spacial score (nSPS) is 25.3. The fourth-order valence-electron chi connectivity index (χ4n) is 1.73. The van der Waals surface area contributed by atoms with Crippen LogP contribution in [0.2, 0.25) is 0 Å². The molecule has 0 aromatic rings. The Morgan fingerprint density at radius 2 is 1.91 bits per heavy atom. The first-order valence-corrected chi connectivity index (χ1v) is 4.48. The molecule has 1 radical (unpaired) electrons. The molecule has 61 valence electrons. The van der Waals surface area contributed by atoms with E-state index in [1.807, 2.05) is 4.90 Å². The average molecular weight is 152 g/mol. The molecular weight excluding hydrogens is 138 g/mol. The lowest BCUT2D eigenvalue weighted by atomic mass is 9.84. The van der Waals surface area contributed by atoms with Crippen molar-refractivity contribution >= 4 is 5.91 Å². The Morgan fingerprint density at radius 3 is 2.36 bits per heavy atom. The predicted molar refractivity (Wildman–Crippen MR) is 42.8 cm³/mol. The van der Waals surface area contributed by atoms with Crippen LogP contribution in [0.3, 0.4) is 0 Å². The highest BCUT2D eigenvalue weighted by molar-refractivity contribution is 5.80. The average Bonchev–Trinajstić information content (AvgIpc) is 2.32. The molecular formula is C9H14NO. The second-order valence-electron chi connectivity index (χ2n) is 3.49.